The number of hydrogen-bond donors (Lipinski definition) is 2. The first-order chi connectivity index (χ1) is 15.2. The van der Waals surface area contributed by atoms with Gasteiger partial charge in [-0.05, 0) is 42.5 Å². The maximum atomic E-state index is 15.1. The molecular weight excluding hydrogens is 445 g/mol. The SMILES string of the molecule is N#Cc1ccnc2[nH]cc(C(=O)c3c(F)ccc(NS(=O)(=O)c4ccc(F)cc4)c3F)c12. The Morgan fingerprint density at radius 1 is 1.06 bits per heavy atom. The van der Waals surface area contributed by atoms with Gasteiger partial charge in [0.2, 0.25) is 5.78 Å². The normalized spacial score (nSPS) is 11.3. The summed E-state index contributed by atoms with van der Waals surface area (Å²) in [6.07, 6.45) is 2.49. The summed E-state index contributed by atoms with van der Waals surface area (Å²) in [4.78, 5) is 19.3. The van der Waals surface area contributed by atoms with E-state index < -0.39 is 44.5 Å². The summed E-state index contributed by atoms with van der Waals surface area (Å²) in [6, 6.07) is 8.51. The van der Waals surface area contributed by atoms with Crippen molar-refractivity contribution in [1.82, 2.24) is 9.97 Å². The number of nitrogens with one attached hydrogen (secondary N) is 2. The van der Waals surface area contributed by atoms with Gasteiger partial charge < -0.3 is 4.98 Å². The van der Waals surface area contributed by atoms with E-state index in [1.807, 2.05) is 10.8 Å². The smallest absolute Gasteiger partial charge is 0.261 e. The van der Waals surface area contributed by atoms with Crippen molar-refractivity contribution < 1.29 is 26.4 Å². The third-order valence-corrected chi connectivity index (χ3v) is 6.01. The summed E-state index contributed by atoms with van der Waals surface area (Å²) in [7, 11) is -4.36. The molecule has 2 N–H and O–H groups in total. The minimum absolute atomic E-state index is 0.0635. The highest BCUT2D eigenvalue weighted by atomic mass is 32.2. The lowest BCUT2D eigenvalue weighted by Gasteiger charge is -2.12. The first-order valence-electron chi connectivity index (χ1n) is 8.90. The molecule has 0 unspecified atom stereocenters. The van der Waals surface area contributed by atoms with Gasteiger partial charge in [-0.3, -0.25) is 9.52 Å². The van der Waals surface area contributed by atoms with Crippen LogP contribution in [0.25, 0.3) is 11.0 Å². The lowest BCUT2D eigenvalue weighted by Crippen LogP contribution is -2.16. The lowest BCUT2D eigenvalue weighted by atomic mass is 10.00. The van der Waals surface area contributed by atoms with Crippen molar-refractivity contribution in [2.75, 3.05) is 4.72 Å². The molecule has 0 spiro atoms. The number of nitriles is 1. The third kappa shape index (κ3) is 3.57. The number of aromatic nitrogens is 2. The summed E-state index contributed by atoms with van der Waals surface area (Å²) in [6.45, 7) is 0. The molecule has 0 saturated carbocycles. The molecular formula is C21H11F3N4O3S. The van der Waals surface area contributed by atoms with Gasteiger partial charge >= 0.3 is 0 Å². The molecule has 0 fully saturated rings. The molecule has 0 amide bonds. The molecule has 0 aliphatic rings. The first kappa shape index (κ1) is 21.1. The number of ketones is 1. The van der Waals surface area contributed by atoms with Crippen LogP contribution in [-0.4, -0.2) is 24.2 Å². The summed E-state index contributed by atoms with van der Waals surface area (Å²) in [5.74, 6) is -4.46. The van der Waals surface area contributed by atoms with Gasteiger partial charge in [-0.15, -0.1) is 0 Å². The van der Waals surface area contributed by atoms with Gasteiger partial charge in [0.25, 0.3) is 10.0 Å². The fourth-order valence-electron chi connectivity index (χ4n) is 3.12. The molecule has 2 aromatic heterocycles. The van der Waals surface area contributed by atoms with Crippen LogP contribution in [0.4, 0.5) is 18.9 Å². The molecule has 0 aliphatic heterocycles. The fraction of sp³-hybridized carbons (Fsp3) is 0. The predicted octanol–water partition coefficient (Wildman–Crippen LogP) is 3.88. The van der Waals surface area contributed by atoms with Crippen LogP contribution in [0.1, 0.15) is 21.5 Å². The van der Waals surface area contributed by atoms with Crippen LogP contribution in [0.5, 0.6) is 0 Å². The lowest BCUT2D eigenvalue weighted by molar-refractivity contribution is 0.103. The van der Waals surface area contributed by atoms with Gasteiger partial charge in [0, 0.05) is 17.8 Å². The Hall–Kier alpha value is -4.17. The third-order valence-electron chi connectivity index (χ3n) is 4.63. The molecule has 0 aliphatic carbocycles. The van der Waals surface area contributed by atoms with Crippen molar-refractivity contribution in [3.8, 4) is 6.07 Å². The van der Waals surface area contributed by atoms with Crippen LogP contribution in [-0.2, 0) is 10.0 Å². The number of carbonyl (C=O) groups excluding carboxylic acids is 1. The molecule has 0 bridgehead atoms. The van der Waals surface area contributed by atoms with E-state index in [2.05, 4.69) is 9.97 Å². The molecule has 0 saturated heterocycles. The molecule has 7 nitrogen and oxygen atoms in total. The first-order valence-corrected chi connectivity index (χ1v) is 10.4. The topological polar surface area (TPSA) is 116 Å². The van der Waals surface area contributed by atoms with E-state index >= 15 is 4.39 Å². The zero-order valence-corrected chi connectivity index (χ0v) is 16.7. The highest BCUT2D eigenvalue weighted by Gasteiger charge is 2.27. The quantitative estimate of drug-likeness (QED) is 0.442. The van der Waals surface area contributed by atoms with Gasteiger partial charge in [0.15, 0.2) is 5.82 Å². The van der Waals surface area contributed by atoms with E-state index in [0.717, 1.165) is 42.6 Å². The molecule has 2 heterocycles. The van der Waals surface area contributed by atoms with Crippen LogP contribution in [0.15, 0.2) is 59.8 Å². The average molecular weight is 456 g/mol. The molecule has 0 radical (unpaired) electrons. The fourth-order valence-corrected chi connectivity index (χ4v) is 4.18. The maximum Gasteiger partial charge on any atom is 0.261 e. The number of carbonyl (C=O) groups is 1. The van der Waals surface area contributed by atoms with Crippen molar-refractivity contribution in [3.63, 3.8) is 0 Å². The summed E-state index contributed by atoms with van der Waals surface area (Å²) in [5, 5.41) is 9.37. The highest BCUT2D eigenvalue weighted by Crippen LogP contribution is 2.29. The number of fused-ring (bicyclic) bond motifs is 1. The summed E-state index contributed by atoms with van der Waals surface area (Å²) >= 11 is 0. The van der Waals surface area contributed by atoms with E-state index in [-0.39, 0.29) is 27.1 Å². The number of nitrogens with zero attached hydrogens (tertiary/aromatic N) is 2. The second-order valence-corrected chi connectivity index (χ2v) is 8.25. The second kappa shape index (κ2) is 7.82. The van der Waals surface area contributed by atoms with Crippen molar-refractivity contribution >= 4 is 32.5 Å². The largest absolute Gasteiger partial charge is 0.345 e. The summed E-state index contributed by atoms with van der Waals surface area (Å²) < 4.78 is 69.6. The highest BCUT2D eigenvalue weighted by molar-refractivity contribution is 7.92. The second-order valence-electron chi connectivity index (χ2n) is 6.57. The van der Waals surface area contributed by atoms with Gasteiger partial charge in [-0.25, -0.2) is 26.6 Å². The molecule has 32 heavy (non-hydrogen) atoms. The molecule has 4 aromatic rings. The Balaban J connectivity index is 1.79. The van der Waals surface area contributed by atoms with Gasteiger partial charge in [0.1, 0.15) is 17.3 Å². The number of aromatic amines is 1. The Bertz CT molecular complexity index is 1520. The Morgan fingerprint density at radius 3 is 2.47 bits per heavy atom. The van der Waals surface area contributed by atoms with Gasteiger partial charge in [-0.1, -0.05) is 0 Å². The molecule has 4 rings (SSSR count). The number of sulfonamides is 1. The maximum absolute atomic E-state index is 15.1. The number of rotatable bonds is 5. The number of benzene rings is 2. The zero-order chi connectivity index (χ0) is 23.0. The van der Waals surface area contributed by atoms with Gasteiger partial charge in [0.05, 0.1) is 33.3 Å². The van der Waals surface area contributed by atoms with E-state index in [0.29, 0.717) is 0 Å². The zero-order valence-electron chi connectivity index (χ0n) is 15.9. The van der Waals surface area contributed by atoms with Crippen LogP contribution < -0.4 is 4.72 Å². The van der Waals surface area contributed by atoms with Crippen molar-refractivity contribution in [2.45, 2.75) is 4.90 Å². The van der Waals surface area contributed by atoms with E-state index in [1.54, 1.807) is 0 Å². The monoisotopic (exact) mass is 456 g/mol. The standard InChI is InChI=1S/C21H11F3N4O3S/c22-12-1-3-13(4-2-12)32(30,31)28-16-6-5-15(23)18(19(16)24)20(29)14-10-27-21-17(14)11(9-25)7-8-26-21/h1-8,10,28H,(H,26,27). The predicted molar refractivity (Wildman–Crippen MR) is 108 cm³/mol. The van der Waals surface area contributed by atoms with Crippen LogP contribution in [0.3, 0.4) is 0 Å². The molecule has 11 heteroatoms. The van der Waals surface area contributed by atoms with Crippen LogP contribution >= 0.6 is 0 Å². The Morgan fingerprint density at radius 2 is 1.78 bits per heavy atom. The minimum atomic E-state index is -4.36. The number of pyridine rings is 1. The van der Waals surface area contributed by atoms with Crippen LogP contribution in [0, 0.1) is 28.8 Å². The van der Waals surface area contributed by atoms with Gasteiger partial charge in [-0.2, -0.15) is 5.26 Å². The average Bonchev–Trinajstić information content (AvgIpc) is 3.20. The van der Waals surface area contributed by atoms with E-state index in [1.165, 1.54) is 12.3 Å². The number of hydrogen-bond acceptors (Lipinski definition) is 5. The Labute approximate surface area is 179 Å². The number of halogens is 3. The summed E-state index contributed by atoms with van der Waals surface area (Å²) in [5.41, 5.74) is -1.67. The van der Waals surface area contributed by atoms with Crippen molar-refractivity contribution in [1.29, 1.82) is 5.26 Å². The van der Waals surface area contributed by atoms with Crippen molar-refractivity contribution in [3.05, 3.63) is 89.0 Å². The van der Waals surface area contributed by atoms with Crippen molar-refractivity contribution in [2.24, 2.45) is 0 Å². The van der Waals surface area contributed by atoms with Crippen LogP contribution in [0.2, 0.25) is 0 Å². The number of H-pyrrole nitrogens is 1. The Kier molecular flexibility index (Phi) is 5.15. The van der Waals surface area contributed by atoms with E-state index in [4.69, 9.17) is 0 Å². The number of anilines is 1. The molecule has 2 aromatic carbocycles. The van der Waals surface area contributed by atoms with E-state index in [9.17, 15) is 27.3 Å². The minimum Gasteiger partial charge on any atom is -0.345 e. The molecule has 160 valence electrons. The molecule has 0 atom stereocenters.